The third-order valence-corrected chi connectivity index (χ3v) is 3.50. The van der Waals surface area contributed by atoms with Crippen LogP contribution in [0.25, 0.3) is 0 Å². The van der Waals surface area contributed by atoms with Gasteiger partial charge in [0.25, 0.3) is 0 Å². The second-order valence-corrected chi connectivity index (χ2v) is 5.35. The average molecular weight is 302 g/mol. The van der Waals surface area contributed by atoms with Gasteiger partial charge in [-0.15, -0.1) is 0 Å². The topological polar surface area (TPSA) is 38.5 Å². The van der Waals surface area contributed by atoms with E-state index in [4.69, 9.17) is 10.5 Å². The summed E-state index contributed by atoms with van der Waals surface area (Å²) in [7, 11) is 0. The number of halogens is 3. The lowest BCUT2D eigenvalue weighted by atomic mass is 10.1. The number of rotatable bonds is 7. The molecule has 1 aromatic rings. The number of alkyl halides is 3. The summed E-state index contributed by atoms with van der Waals surface area (Å²) >= 11 is 0. The summed E-state index contributed by atoms with van der Waals surface area (Å²) in [6, 6.07) is 6.78. The van der Waals surface area contributed by atoms with E-state index in [0.29, 0.717) is 12.4 Å². The highest BCUT2D eigenvalue weighted by atomic mass is 19.4. The third kappa shape index (κ3) is 4.89. The predicted octanol–water partition coefficient (Wildman–Crippen LogP) is 3.11. The van der Waals surface area contributed by atoms with Crippen LogP contribution in [0.2, 0.25) is 0 Å². The van der Waals surface area contributed by atoms with Gasteiger partial charge in [0.05, 0.1) is 13.2 Å². The first kappa shape index (κ1) is 16.1. The van der Waals surface area contributed by atoms with Crippen LogP contribution >= 0.6 is 0 Å². The second kappa shape index (κ2) is 6.66. The first-order valence-corrected chi connectivity index (χ1v) is 7.19. The van der Waals surface area contributed by atoms with E-state index in [-0.39, 0.29) is 12.6 Å². The molecule has 1 aliphatic rings. The van der Waals surface area contributed by atoms with Crippen molar-refractivity contribution in [2.75, 3.05) is 19.7 Å². The number of hydrogen-bond acceptors (Lipinski definition) is 3. The molecule has 0 heterocycles. The van der Waals surface area contributed by atoms with Crippen molar-refractivity contribution in [3.05, 3.63) is 29.8 Å². The molecule has 21 heavy (non-hydrogen) atoms. The molecule has 0 saturated heterocycles. The molecule has 0 bridgehead atoms. The maximum absolute atomic E-state index is 12.6. The van der Waals surface area contributed by atoms with Gasteiger partial charge in [-0.3, -0.25) is 4.90 Å². The molecule has 1 unspecified atom stereocenters. The Balaban J connectivity index is 2.06. The number of benzene rings is 1. The van der Waals surface area contributed by atoms with Crippen LogP contribution < -0.4 is 10.5 Å². The van der Waals surface area contributed by atoms with Crippen LogP contribution in [0, 0.1) is 0 Å². The summed E-state index contributed by atoms with van der Waals surface area (Å²) in [5.41, 5.74) is 6.88. The van der Waals surface area contributed by atoms with Crippen LogP contribution in [0.5, 0.6) is 5.75 Å². The molecule has 1 aromatic carbocycles. The van der Waals surface area contributed by atoms with Gasteiger partial charge in [0.15, 0.2) is 0 Å². The summed E-state index contributed by atoms with van der Waals surface area (Å²) in [5, 5.41) is 0. The van der Waals surface area contributed by atoms with Gasteiger partial charge in [0, 0.05) is 24.2 Å². The van der Waals surface area contributed by atoms with Gasteiger partial charge in [-0.05, 0) is 25.8 Å². The number of nitrogens with two attached hydrogens (primary N) is 1. The lowest BCUT2D eigenvalue weighted by Crippen LogP contribution is -2.40. The van der Waals surface area contributed by atoms with E-state index in [2.05, 4.69) is 0 Å². The fraction of sp³-hybridized carbons (Fsp3) is 0.600. The molecule has 0 amide bonds. The predicted molar refractivity (Wildman–Crippen MR) is 75.2 cm³/mol. The van der Waals surface area contributed by atoms with Crippen molar-refractivity contribution in [3.63, 3.8) is 0 Å². The molecule has 0 aliphatic heterocycles. The number of para-hydroxylation sites is 1. The molecule has 2 rings (SSSR count). The van der Waals surface area contributed by atoms with Gasteiger partial charge >= 0.3 is 6.18 Å². The number of nitrogens with zero attached hydrogens (tertiary/aromatic N) is 1. The zero-order valence-corrected chi connectivity index (χ0v) is 12.1. The van der Waals surface area contributed by atoms with E-state index < -0.39 is 18.8 Å². The van der Waals surface area contributed by atoms with Crippen LogP contribution in [-0.4, -0.2) is 36.8 Å². The van der Waals surface area contributed by atoms with Crippen LogP contribution in [0.1, 0.15) is 31.4 Å². The first-order chi connectivity index (χ1) is 9.90. The summed E-state index contributed by atoms with van der Waals surface area (Å²) < 4.78 is 43.4. The van der Waals surface area contributed by atoms with E-state index in [1.807, 2.05) is 25.1 Å². The Morgan fingerprint density at radius 2 is 2.00 bits per heavy atom. The molecule has 0 spiro atoms. The van der Waals surface area contributed by atoms with E-state index >= 15 is 0 Å². The van der Waals surface area contributed by atoms with Crippen LogP contribution in [0.15, 0.2) is 24.3 Å². The van der Waals surface area contributed by atoms with E-state index in [0.717, 1.165) is 18.4 Å². The zero-order chi connectivity index (χ0) is 15.5. The Morgan fingerprint density at radius 3 is 2.57 bits per heavy atom. The van der Waals surface area contributed by atoms with Gasteiger partial charge in [-0.25, -0.2) is 0 Å². The number of hydrogen-bond donors (Lipinski definition) is 1. The summed E-state index contributed by atoms with van der Waals surface area (Å²) in [5.74, 6) is 0.648. The largest absolute Gasteiger partial charge is 0.494 e. The van der Waals surface area contributed by atoms with Crippen molar-refractivity contribution < 1.29 is 17.9 Å². The lowest BCUT2D eigenvalue weighted by Gasteiger charge is -2.27. The Morgan fingerprint density at radius 1 is 1.33 bits per heavy atom. The standard InChI is InChI=1S/C15H21F3N2O/c1-2-21-14-6-4-3-5-12(14)13(19)9-20(11-7-8-11)10-15(16,17)18/h3-6,11,13H,2,7-10,19H2,1H3. The molecule has 1 aliphatic carbocycles. The van der Waals surface area contributed by atoms with Gasteiger partial charge in [0.1, 0.15) is 5.75 Å². The SMILES string of the molecule is CCOc1ccccc1C(N)CN(CC(F)(F)F)C1CC1. The van der Waals surface area contributed by atoms with Gasteiger partial charge in [0.2, 0.25) is 0 Å². The Labute approximate surface area is 122 Å². The highest BCUT2D eigenvalue weighted by Crippen LogP contribution is 2.32. The fourth-order valence-corrected chi connectivity index (χ4v) is 2.44. The Kier molecular flexibility index (Phi) is 5.11. The van der Waals surface area contributed by atoms with Crippen LogP contribution in [-0.2, 0) is 0 Å². The maximum atomic E-state index is 12.6. The molecule has 0 aromatic heterocycles. The maximum Gasteiger partial charge on any atom is 0.401 e. The number of ether oxygens (including phenoxy) is 1. The molecule has 118 valence electrons. The molecular weight excluding hydrogens is 281 g/mol. The summed E-state index contributed by atoms with van der Waals surface area (Å²) in [6.07, 6.45) is -2.56. The minimum absolute atomic E-state index is 0.0110. The quantitative estimate of drug-likeness (QED) is 0.841. The van der Waals surface area contributed by atoms with Crippen LogP contribution in [0.4, 0.5) is 13.2 Å². The molecule has 2 N–H and O–H groups in total. The van der Waals surface area contributed by atoms with Crippen molar-refractivity contribution in [3.8, 4) is 5.75 Å². The smallest absolute Gasteiger partial charge is 0.401 e. The van der Waals surface area contributed by atoms with Crippen molar-refractivity contribution in [2.45, 2.75) is 38.0 Å². The minimum Gasteiger partial charge on any atom is -0.494 e. The summed E-state index contributed by atoms with van der Waals surface area (Å²) in [4.78, 5) is 1.44. The van der Waals surface area contributed by atoms with Gasteiger partial charge in [-0.2, -0.15) is 13.2 Å². The molecule has 1 atom stereocenters. The van der Waals surface area contributed by atoms with E-state index in [1.165, 1.54) is 4.90 Å². The van der Waals surface area contributed by atoms with E-state index in [1.54, 1.807) is 6.07 Å². The second-order valence-electron chi connectivity index (χ2n) is 5.35. The summed E-state index contributed by atoms with van der Waals surface area (Å²) in [6.45, 7) is 1.65. The molecule has 0 radical (unpaired) electrons. The molecule has 3 nitrogen and oxygen atoms in total. The normalized spacial score (nSPS) is 17.0. The van der Waals surface area contributed by atoms with Crippen molar-refractivity contribution >= 4 is 0 Å². The monoisotopic (exact) mass is 302 g/mol. The Bertz CT molecular complexity index is 460. The highest BCUT2D eigenvalue weighted by Gasteiger charge is 2.38. The lowest BCUT2D eigenvalue weighted by molar-refractivity contribution is -0.147. The van der Waals surface area contributed by atoms with Crippen molar-refractivity contribution in [2.24, 2.45) is 5.73 Å². The molecule has 1 fully saturated rings. The van der Waals surface area contributed by atoms with Crippen molar-refractivity contribution in [1.82, 2.24) is 4.90 Å². The fourth-order valence-electron chi connectivity index (χ4n) is 2.44. The Hall–Kier alpha value is -1.27. The molecule has 1 saturated carbocycles. The minimum atomic E-state index is -4.19. The van der Waals surface area contributed by atoms with E-state index in [9.17, 15) is 13.2 Å². The highest BCUT2D eigenvalue weighted by molar-refractivity contribution is 5.36. The third-order valence-electron chi connectivity index (χ3n) is 3.50. The molecule has 6 heteroatoms. The van der Waals surface area contributed by atoms with Crippen LogP contribution in [0.3, 0.4) is 0 Å². The van der Waals surface area contributed by atoms with Crippen molar-refractivity contribution in [1.29, 1.82) is 0 Å². The van der Waals surface area contributed by atoms with Gasteiger partial charge in [-0.1, -0.05) is 18.2 Å². The molecular formula is C15H21F3N2O. The van der Waals surface area contributed by atoms with Gasteiger partial charge < -0.3 is 10.5 Å². The zero-order valence-electron chi connectivity index (χ0n) is 12.1. The average Bonchev–Trinajstić information content (AvgIpc) is 3.21. The first-order valence-electron chi connectivity index (χ1n) is 7.19.